The molecule has 0 aromatic heterocycles. The fraction of sp³-hybridized carbons (Fsp3) is 0.917. The quantitative estimate of drug-likeness (QED) is 0.678. The fourth-order valence-corrected chi connectivity index (χ4v) is 3.18. The highest BCUT2D eigenvalue weighted by atomic mass is 16.5. The zero-order valence-corrected chi connectivity index (χ0v) is 9.54. The SMILES string of the molecule is CC(C)C(=O)C1C(C)C2CCC1(C)O2. The van der Waals surface area contributed by atoms with Crippen LogP contribution in [0, 0.1) is 17.8 Å². The average molecular weight is 196 g/mol. The standard InChI is InChI=1S/C12H20O2/c1-7(2)11(13)10-8(3)9-5-6-12(10,4)14-9/h7-10H,5-6H2,1-4H3. The molecule has 2 fully saturated rings. The van der Waals surface area contributed by atoms with Crippen LogP contribution in [0.1, 0.15) is 40.5 Å². The van der Waals surface area contributed by atoms with Crippen LogP contribution in [0.2, 0.25) is 0 Å². The largest absolute Gasteiger partial charge is 0.371 e. The van der Waals surface area contributed by atoms with Gasteiger partial charge in [0.05, 0.1) is 17.6 Å². The van der Waals surface area contributed by atoms with Gasteiger partial charge in [-0.15, -0.1) is 0 Å². The maximum atomic E-state index is 12.1. The third-order valence-electron chi connectivity index (χ3n) is 3.99. The first-order valence-corrected chi connectivity index (χ1v) is 5.67. The Hall–Kier alpha value is -0.370. The van der Waals surface area contributed by atoms with E-state index in [0.717, 1.165) is 12.8 Å². The molecular weight excluding hydrogens is 176 g/mol. The Morgan fingerprint density at radius 1 is 1.50 bits per heavy atom. The zero-order valence-electron chi connectivity index (χ0n) is 9.54. The minimum absolute atomic E-state index is 0.140. The van der Waals surface area contributed by atoms with Crippen molar-refractivity contribution in [3.8, 4) is 0 Å². The molecule has 2 heterocycles. The molecule has 2 rings (SSSR count). The third kappa shape index (κ3) is 1.23. The lowest BCUT2D eigenvalue weighted by molar-refractivity contribution is -0.131. The van der Waals surface area contributed by atoms with Crippen molar-refractivity contribution in [2.24, 2.45) is 17.8 Å². The number of carbonyl (C=O) groups is 1. The molecule has 0 aromatic carbocycles. The van der Waals surface area contributed by atoms with Crippen LogP contribution in [0.25, 0.3) is 0 Å². The van der Waals surface area contributed by atoms with Crippen molar-refractivity contribution >= 4 is 5.78 Å². The van der Waals surface area contributed by atoms with Crippen molar-refractivity contribution in [2.75, 3.05) is 0 Å². The van der Waals surface area contributed by atoms with Crippen molar-refractivity contribution in [1.82, 2.24) is 0 Å². The Labute approximate surface area is 86.0 Å². The van der Waals surface area contributed by atoms with Gasteiger partial charge in [0.1, 0.15) is 5.78 Å². The Morgan fingerprint density at radius 3 is 2.57 bits per heavy atom. The summed E-state index contributed by atoms with van der Waals surface area (Å²) in [5.74, 6) is 1.09. The molecule has 4 atom stereocenters. The van der Waals surface area contributed by atoms with E-state index in [1.165, 1.54) is 0 Å². The van der Waals surface area contributed by atoms with E-state index in [0.29, 0.717) is 17.8 Å². The van der Waals surface area contributed by atoms with Crippen LogP contribution in [0.5, 0.6) is 0 Å². The molecule has 2 nitrogen and oxygen atoms in total. The highest BCUT2D eigenvalue weighted by Gasteiger charge is 2.57. The summed E-state index contributed by atoms with van der Waals surface area (Å²) in [5, 5.41) is 0. The van der Waals surface area contributed by atoms with Gasteiger partial charge in [-0.25, -0.2) is 0 Å². The normalized spacial score (nSPS) is 46.2. The smallest absolute Gasteiger partial charge is 0.141 e. The van der Waals surface area contributed by atoms with Crippen molar-refractivity contribution < 1.29 is 9.53 Å². The fourth-order valence-electron chi connectivity index (χ4n) is 3.18. The second-order valence-electron chi connectivity index (χ2n) is 5.40. The lowest BCUT2D eigenvalue weighted by atomic mass is 9.69. The van der Waals surface area contributed by atoms with Crippen molar-refractivity contribution in [1.29, 1.82) is 0 Å². The second kappa shape index (κ2) is 3.06. The minimum atomic E-state index is -0.147. The molecule has 0 N–H and O–H groups in total. The lowest BCUT2D eigenvalue weighted by Crippen LogP contribution is -2.41. The molecule has 0 aliphatic carbocycles. The first-order chi connectivity index (χ1) is 6.46. The first-order valence-electron chi connectivity index (χ1n) is 5.67. The summed E-state index contributed by atoms with van der Waals surface area (Å²) in [4.78, 5) is 12.1. The summed E-state index contributed by atoms with van der Waals surface area (Å²) in [6, 6.07) is 0. The van der Waals surface area contributed by atoms with E-state index in [4.69, 9.17) is 4.74 Å². The van der Waals surface area contributed by atoms with Gasteiger partial charge < -0.3 is 4.74 Å². The molecule has 0 radical (unpaired) electrons. The first kappa shape index (κ1) is 10.2. The topological polar surface area (TPSA) is 26.3 Å². The molecule has 4 unspecified atom stereocenters. The third-order valence-corrected chi connectivity index (χ3v) is 3.99. The summed E-state index contributed by atoms with van der Waals surface area (Å²) < 4.78 is 5.94. The Bertz CT molecular complexity index is 259. The Balaban J connectivity index is 2.23. The molecule has 2 aliphatic heterocycles. The Morgan fingerprint density at radius 2 is 2.14 bits per heavy atom. The summed E-state index contributed by atoms with van der Waals surface area (Å²) in [7, 11) is 0. The molecule has 0 saturated carbocycles. The summed E-state index contributed by atoms with van der Waals surface area (Å²) >= 11 is 0. The predicted molar refractivity (Wildman–Crippen MR) is 55.0 cm³/mol. The highest BCUT2D eigenvalue weighted by Crippen LogP contribution is 2.51. The van der Waals surface area contributed by atoms with Gasteiger partial charge in [-0.3, -0.25) is 4.79 Å². The van der Waals surface area contributed by atoms with Crippen LogP contribution in [-0.2, 0) is 9.53 Å². The molecule has 0 aromatic rings. The molecular formula is C12H20O2. The number of hydrogen-bond acceptors (Lipinski definition) is 2. The number of carbonyl (C=O) groups excluding carboxylic acids is 1. The van der Waals surface area contributed by atoms with Crippen molar-refractivity contribution in [2.45, 2.75) is 52.2 Å². The summed E-state index contributed by atoms with van der Waals surface area (Å²) in [6.07, 6.45) is 2.54. The van der Waals surface area contributed by atoms with E-state index in [-0.39, 0.29) is 17.4 Å². The zero-order chi connectivity index (χ0) is 10.5. The van der Waals surface area contributed by atoms with E-state index < -0.39 is 0 Å². The van der Waals surface area contributed by atoms with Crippen LogP contribution in [0.3, 0.4) is 0 Å². The van der Waals surface area contributed by atoms with Crippen LogP contribution >= 0.6 is 0 Å². The summed E-state index contributed by atoms with van der Waals surface area (Å²) in [5.41, 5.74) is -0.147. The van der Waals surface area contributed by atoms with Crippen LogP contribution in [0.15, 0.2) is 0 Å². The van der Waals surface area contributed by atoms with Crippen LogP contribution in [-0.4, -0.2) is 17.5 Å². The minimum Gasteiger partial charge on any atom is -0.371 e. The molecule has 80 valence electrons. The Kier molecular flexibility index (Phi) is 2.22. The highest BCUT2D eigenvalue weighted by molar-refractivity contribution is 5.84. The average Bonchev–Trinajstić information content (AvgIpc) is 2.57. The number of ether oxygens (including phenoxy) is 1. The van der Waals surface area contributed by atoms with Gasteiger partial charge in [-0.2, -0.15) is 0 Å². The molecule has 2 aliphatic rings. The maximum absolute atomic E-state index is 12.1. The van der Waals surface area contributed by atoms with Gasteiger partial charge in [-0.1, -0.05) is 20.8 Å². The monoisotopic (exact) mass is 196 g/mol. The molecule has 0 amide bonds. The van der Waals surface area contributed by atoms with Gasteiger partial charge in [0.25, 0.3) is 0 Å². The van der Waals surface area contributed by atoms with Gasteiger partial charge in [0.2, 0.25) is 0 Å². The van der Waals surface area contributed by atoms with E-state index in [9.17, 15) is 4.79 Å². The van der Waals surface area contributed by atoms with Gasteiger partial charge in [0, 0.05) is 5.92 Å². The van der Waals surface area contributed by atoms with Gasteiger partial charge in [0.15, 0.2) is 0 Å². The van der Waals surface area contributed by atoms with Gasteiger partial charge in [-0.05, 0) is 25.7 Å². The van der Waals surface area contributed by atoms with Crippen molar-refractivity contribution in [3.63, 3.8) is 0 Å². The molecule has 14 heavy (non-hydrogen) atoms. The number of Topliss-reactive ketones (excluding diaryl/α,β-unsaturated/α-hetero) is 1. The molecule has 2 heteroatoms. The van der Waals surface area contributed by atoms with E-state index >= 15 is 0 Å². The lowest BCUT2D eigenvalue weighted by Gasteiger charge is -2.32. The van der Waals surface area contributed by atoms with Crippen molar-refractivity contribution in [3.05, 3.63) is 0 Å². The number of ketones is 1. The number of rotatable bonds is 2. The maximum Gasteiger partial charge on any atom is 0.141 e. The second-order valence-corrected chi connectivity index (χ2v) is 5.40. The van der Waals surface area contributed by atoms with E-state index in [2.05, 4.69) is 13.8 Å². The molecule has 0 spiro atoms. The number of fused-ring (bicyclic) bond motifs is 2. The van der Waals surface area contributed by atoms with Gasteiger partial charge >= 0.3 is 0 Å². The number of hydrogen-bond donors (Lipinski definition) is 0. The summed E-state index contributed by atoms with van der Waals surface area (Å²) in [6.45, 7) is 8.26. The predicted octanol–water partition coefficient (Wildman–Crippen LogP) is 2.42. The van der Waals surface area contributed by atoms with Crippen LogP contribution < -0.4 is 0 Å². The molecule has 2 bridgehead atoms. The van der Waals surface area contributed by atoms with Crippen LogP contribution in [0.4, 0.5) is 0 Å². The molecule has 2 saturated heterocycles. The van der Waals surface area contributed by atoms with E-state index in [1.807, 2.05) is 13.8 Å². The van der Waals surface area contributed by atoms with E-state index in [1.54, 1.807) is 0 Å².